The molecular weight excluding hydrogens is 234 g/mol. The van der Waals surface area contributed by atoms with E-state index in [-0.39, 0.29) is 0 Å². The number of para-hydroxylation sites is 1. The third kappa shape index (κ3) is 2.09. The first-order chi connectivity index (χ1) is 9.29. The van der Waals surface area contributed by atoms with Gasteiger partial charge in [0.15, 0.2) is 0 Å². The van der Waals surface area contributed by atoms with Gasteiger partial charge in [0, 0.05) is 36.4 Å². The summed E-state index contributed by atoms with van der Waals surface area (Å²) in [6.45, 7) is 0.565. The predicted molar refractivity (Wildman–Crippen MR) is 80.7 cm³/mol. The number of benzene rings is 2. The Morgan fingerprint density at radius 1 is 1.11 bits per heavy atom. The molecule has 0 saturated heterocycles. The van der Waals surface area contributed by atoms with E-state index < -0.39 is 0 Å². The van der Waals surface area contributed by atoms with E-state index in [0.717, 1.165) is 16.8 Å². The SMILES string of the molecule is CN(c1cccc(CN)c1)c1c[nH]c2ccccc12. The molecule has 0 aliphatic rings. The lowest BCUT2D eigenvalue weighted by Gasteiger charge is -2.19. The normalized spacial score (nSPS) is 10.8. The van der Waals surface area contributed by atoms with Crippen molar-refractivity contribution in [3.05, 3.63) is 60.3 Å². The average Bonchev–Trinajstić information content (AvgIpc) is 2.90. The smallest absolute Gasteiger partial charge is 0.0665 e. The van der Waals surface area contributed by atoms with E-state index in [1.807, 2.05) is 24.4 Å². The summed E-state index contributed by atoms with van der Waals surface area (Å²) in [6.07, 6.45) is 2.04. The molecule has 0 spiro atoms. The van der Waals surface area contributed by atoms with E-state index in [9.17, 15) is 0 Å². The fourth-order valence-electron chi connectivity index (χ4n) is 2.36. The summed E-state index contributed by atoms with van der Waals surface area (Å²) >= 11 is 0. The Bertz CT molecular complexity index is 700. The van der Waals surface area contributed by atoms with Crippen molar-refractivity contribution in [2.45, 2.75) is 6.54 Å². The summed E-state index contributed by atoms with van der Waals surface area (Å²) in [5, 5.41) is 1.23. The van der Waals surface area contributed by atoms with Crippen LogP contribution < -0.4 is 10.6 Å². The van der Waals surface area contributed by atoms with Gasteiger partial charge in [-0.15, -0.1) is 0 Å². The summed E-state index contributed by atoms with van der Waals surface area (Å²) in [4.78, 5) is 5.48. The zero-order valence-corrected chi connectivity index (χ0v) is 10.9. The highest BCUT2D eigenvalue weighted by Crippen LogP contribution is 2.31. The van der Waals surface area contributed by atoms with Gasteiger partial charge in [0.2, 0.25) is 0 Å². The van der Waals surface area contributed by atoms with Gasteiger partial charge in [-0.2, -0.15) is 0 Å². The number of hydrogen-bond donors (Lipinski definition) is 2. The molecule has 0 fully saturated rings. The van der Waals surface area contributed by atoms with Crippen LogP contribution in [0.5, 0.6) is 0 Å². The van der Waals surface area contributed by atoms with Crippen LogP contribution in [0.15, 0.2) is 54.7 Å². The Balaban J connectivity index is 2.05. The van der Waals surface area contributed by atoms with Crippen molar-refractivity contribution >= 4 is 22.3 Å². The molecule has 1 aromatic heterocycles. The number of hydrogen-bond acceptors (Lipinski definition) is 2. The maximum Gasteiger partial charge on any atom is 0.0665 e. The highest BCUT2D eigenvalue weighted by molar-refractivity contribution is 5.94. The van der Waals surface area contributed by atoms with Crippen molar-refractivity contribution in [1.29, 1.82) is 0 Å². The van der Waals surface area contributed by atoms with Crippen molar-refractivity contribution in [3.8, 4) is 0 Å². The predicted octanol–water partition coefficient (Wildman–Crippen LogP) is 3.39. The lowest BCUT2D eigenvalue weighted by molar-refractivity contribution is 1.06. The molecule has 19 heavy (non-hydrogen) atoms. The van der Waals surface area contributed by atoms with Crippen molar-refractivity contribution in [1.82, 2.24) is 4.98 Å². The summed E-state index contributed by atoms with van der Waals surface area (Å²) in [6, 6.07) is 16.6. The standard InChI is InChI=1S/C16H17N3/c1-19(13-6-4-5-12(9-13)10-17)16-11-18-15-8-3-2-7-14(15)16/h2-9,11,18H,10,17H2,1H3. The lowest BCUT2D eigenvalue weighted by Crippen LogP contribution is -2.09. The molecule has 3 nitrogen and oxygen atoms in total. The number of nitrogens with one attached hydrogen (secondary N) is 1. The van der Waals surface area contributed by atoms with Crippen LogP contribution in [0, 0.1) is 0 Å². The minimum Gasteiger partial charge on any atom is -0.359 e. The first kappa shape index (κ1) is 11.8. The molecule has 2 aromatic carbocycles. The topological polar surface area (TPSA) is 45.0 Å². The number of H-pyrrole nitrogens is 1. The van der Waals surface area contributed by atoms with Gasteiger partial charge in [-0.3, -0.25) is 0 Å². The molecule has 3 heteroatoms. The van der Waals surface area contributed by atoms with Gasteiger partial charge in [0.25, 0.3) is 0 Å². The Labute approximate surface area is 112 Å². The molecule has 0 saturated carbocycles. The molecule has 3 rings (SSSR count). The van der Waals surface area contributed by atoms with Crippen LogP contribution in [-0.4, -0.2) is 12.0 Å². The van der Waals surface area contributed by atoms with Gasteiger partial charge in [-0.05, 0) is 23.8 Å². The first-order valence-corrected chi connectivity index (χ1v) is 6.38. The molecule has 3 aromatic rings. The fourth-order valence-corrected chi connectivity index (χ4v) is 2.36. The Morgan fingerprint density at radius 3 is 2.79 bits per heavy atom. The second kappa shape index (κ2) is 4.78. The third-order valence-electron chi connectivity index (χ3n) is 3.46. The fraction of sp³-hybridized carbons (Fsp3) is 0.125. The zero-order chi connectivity index (χ0) is 13.2. The van der Waals surface area contributed by atoms with Gasteiger partial charge in [0.1, 0.15) is 0 Å². The maximum absolute atomic E-state index is 5.70. The molecular formula is C16H17N3. The minimum absolute atomic E-state index is 0.565. The van der Waals surface area contributed by atoms with Gasteiger partial charge in [-0.25, -0.2) is 0 Å². The largest absolute Gasteiger partial charge is 0.359 e. The number of aromatic nitrogens is 1. The molecule has 3 N–H and O–H groups in total. The first-order valence-electron chi connectivity index (χ1n) is 6.38. The minimum atomic E-state index is 0.565. The van der Waals surface area contributed by atoms with Gasteiger partial charge in [-0.1, -0.05) is 30.3 Å². The van der Waals surface area contributed by atoms with Crippen LogP contribution in [0.4, 0.5) is 11.4 Å². The quantitative estimate of drug-likeness (QED) is 0.749. The van der Waals surface area contributed by atoms with E-state index in [1.165, 1.54) is 11.1 Å². The third-order valence-corrected chi connectivity index (χ3v) is 3.46. The molecule has 0 atom stereocenters. The number of nitrogens with two attached hydrogens (primary N) is 1. The van der Waals surface area contributed by atoms with Crippen LogP contribution in [-0.2, 0) is 6.54 Å². The van der Waals surface area contributed by atoms with Crippen LogP contribution >= 0.6 is 0 Å². The Morgan fingerprint density at radius 2 is 1.95 bits per heavy atom. The molecule has 0 aliphatic heterocycles. The summed E-state index contributed by atoms with van der Waals surface area (Å²) in [5.74, 6) is 0. The lowest BCUT2D eigenvalue weighted by atomic mass is 10.1. The number of rotatable bonds is 3. The molecule has 1 heterocycles. The van der Waals surface area contributed by atoms with Crippen LogP contribution in [0.2, 0.25) is 0 Å². The second-order valence-electron chi connectivity index (χ2n) is 4.65. The molecule has 96 valence electrons. The monoisotopic (exact) mass is 251 g/mol. The number of aromatic amines is 1. The van der Waals surface area contributed by atoms with Gasteiger partial charge < -0.3 is 15.6 Å². The highest BCUT2D eigenvalue weighted by atomic mass is 15.1. The Hall–Kier alpha value is -2.26. The number of nitrogens with zero attached hydrogens (tertiary/aromatic N) is 1. The van der Waals surface area contributed by atoms with E-state index in [1.54, 1.807) is 0 Å². The highest BCUT2D eigenvalue weighted by Gasteiger charge is 2.09. The Kier molecular flexibility index (Phi) is 2.97. The van der Waals surface area contributed by atoms with Crippen molar-refractivity contribution in [2.75, 3.05) is 11.9 Å². The van der Waals surface area contributed by atoms with E-state index in [4.69, 9.17) is 5.73 Å². The second-order valence-corrected chi connectivity index (χ2v) is 4.65. The number of anilines is 2. The van der Waals surface area contributed by atoms with Crippen molar-refractivity contribution < 1.29 is 0 Å². The van der Waals surface area contributed by atoms with Gasteiger partial charge in [0.05, 0.1) is 5.69 Å². The molecule has 0 radical (unpaired) electrons. The van der Waals surface area contributed by atoms with Crippen molar-refractivity contribution in [3.63, 3.8) is 0 Å². The molecule has 0 bridgehead atoms. The van der Waals surface area contributed by atoms with Crippen LogP contribution in [0.25, 0.3) is 10.9 Å². The zero-order valence-electron chi connectivity index (χ0n) is 10.9. The van der Waals surface area contributed by atoms with E-state index in [2.05, 4.69) is 47.3 Å². The van der Waals surface area contributed by atoms with Crippen LogP contribution in [0.3, 0.4) is 0 Å². The van der Waals surface area contributed by atoms with Crippen molar-refractivity contribution in [2.24, 2.45) is 5.73 Å². The molecule has 0 amide bonds. The number of fused-ring (bicyclic) bond motifs is 1. The molecule has 0 aliphatic carbocycles. The molecule has 0 unspecified atom stereocenters. The maximum atomic E-state index is 5.70. The summed E-state index contributed by atoms with van der Waals surface area (Å²) < 4.78 is 0. The van der Waals surface area contributed by atoms with Gasteiger partial charge >= 0.3 is 0 Å². The summed E-state index contributed by atoms with van der Waals surface area (Å²) in [7, 11) is 2.07. The summed E-state index contributed by atoms with van der Waals surface area (Å²) in [5.41, 5.74) is 10.3. The van der Waals surface area contributed by atoms with Crippen LogP contribution in [0.1, 0.15) is 5.56 Å². The van der Waals surface area contributed by atoms with E-state index in [0.29, 0.717) is 6.54 Å². The van der Waals surface area contributed by atoms with E-state index >= 15 is 0 Å². The average molecular weight is 251 g/mol.